The Kier molecular flexibility index (Phi) is 4.05. The first-order chi connectivity index (χ1) is 14.4. The van der Waals surface area contributed by atoms with E-state index in [1.807, 2.05) is 19.1 Å². The topological polar surface area (TPSA) is 97.3 Å². The fourth-order valence-corrected chi connectivity index (χ4v) is 3.72. The van der Waals surface area contributed by atoms with E-state index in [4.69, 9.17) is 0 Å². The van der Waals surface area contributed by atoms with Gasteiger partial charge < -0.3 is 10.4 Å². The fourth-order valence-electron chi connectivity index (χ4n) is 3.72. The Morgan fingerprint density at radius 1 is 1.30 bits per heavy atom. The van der Waals surface area contributed by atoms with Gasteiger partial charge in [0.15, 0.2) is 17.4 Å². The third kappa shape index (κ3) is 3.08. The van der Waals surface area contributed by atoms with E-state index in [2.05, 4.69) is 20.5 Å². The van der Waals surface area contributed by atoms with Crippen LogP contribution >= 0.6 is 0 Å². The molecule has 2 atom stereocenters. The van der Waals surface area contributed by atoms with E-state index in [9.17, 15) is 14.3 Å². The summed E-state index contributed by atoms with van der Waals surface area (Å²) < 4.78 is 17.4. The van der Waals surface area contributed by atoms with Gasteiger partial charge in [0, 0.05) is 42.4 Å². The molecule has 152 valence electrons. The van der Waals surface area contributed by atoms with Crippen molar-refractivity contribution in [2.45, 2.75) is 19.3 Å². The number of amides is 1. The molecule has 0 saturated heterocycles. The number of rotatable bonds is 4. The van der Waals surface area contributed by atoms with Crippen molar-refractivity contribution >= 4 is 17.2 Å². The van der Waals surface area contributed by atoms with Crippen molar-refractivity contribution in [2.75, 3.05) is 5.32 Å². The van der Waals surface area contributed by atoms with E-state index in [-0.39, 0.29) is 34.7 Å². The molecule has 1 aliphatic rings. The van der Waals surface area contributed by atoms with Crippen LogP contribution in [-0.2, 0) is 11.8 Å². The molecule has 1 aliphatic carbocycles. The smallest absolute Gasteiger partial charge is 0.229 e. The maximum atomic E-state index is 14.6. The van der Waals surface area contributed by atoms with Crippen molar-refractivity contribution in [1.29, 1.82) is 0 Å². The molecule has 8 nitrogen and oxygen atoms in total. The van der Waals surface area contributed by atoms with Gasteiger partial charge in [0.25, 0.3) is 0 Å². The number of aromatic nitrogens is 5. The molecule has 0 spiro atoms. The predicted molar refractivity (Wildman–Crippen MR) is 107 cm³/mol. The molecular weight excluding hydrogens is 387 g/mol. The van der Waals surface area contributed by atoms with Gasteiger partial charge in [0.1, 0.15) is 5.69 Å². The van der Waals surface area contributed by atoms with Crippen LogP contribution in [0.2, 0.25) is 0 Å². The summed E-state index contributed by atoms with van der Waals surface area (Å²) >= 11 is 0. The van der Waals surface area contributed by atoms with Gasteiger partial charge in [0.05, 0.1) is 17.9 Å². The van der Waals surface area contributed by atoms with Crippen LogP contribution in [0.4, 0.5) is 10.2 Å². The third-order valence-electron chi connectivity index (χ3n) is 5.42. The van der Waals surface area contributed by atoms with Gasteiger partial charge in [0.2, 0.25) is 5.91 Å². The van der Waals surface area contributed by atoms with Crippen molar-refractivity contribution < 1.29 is 14.3 Å². The molecule has 4 heterocycles. The molecule has 1 fully saturated rings. The minimum absolute atomic E-state index is 0.111. The molecule has 30 heavy (non-hydrogen) atoms. The number of aryl methyl sites for hydroxylation is 2. The zero-order valence-corrected chi connectivity index (χ0v) is 16.4. The van der Waals surface area contributed by atoms with Crippen LogP contribution in [0, 0.1) is 18.7 Å². The van der Waals surface area contributed by atoms with Crippen LogP contribution < -0.4 is 5.32 Å². The molecular formula is C21H19FN6O2. The van der Waals surface area contributed by atoms with Gasteiger partial charge in [-0.1, -0.05) is 6.07 Å². The van der Waals surface area contributed by atoms with Gasteiger partial charge >= 0.3 is 0 Å². The second-order valence-corrected chi connectivity index (χ2v) is 7.63. The molecule has 1 amide bonds. The van der Waals surface area contributed by atoms with Crippen LogP contribution in [0.25, 0.3) is 16.8 Å². The number of hydrogen-bond acceptors (Lipinski definition) is 5. The number of halogens is 1. The van der Waals surface area contributed by atoms with Crippen LogP contribution in [0.15, 0.2) is 42.9 Å². The summed E-state index contributed by atoms with van der Waals surface area (Å²) in [7, 11) is 1.62. The van der Waals surface area contributed by atoms with Crippen LogP contribution in [0.5, 0.6) is 5.75 Å². The van der Waals surface area contributed by atoms with Gasteiger partial charge in [-0.15, -0.1) is 5.10 Å². The van der Waals surface area contributed by atoms with Crippen LogP contribution in [0.1, 0.15) is 23.6 Å². The second-order valence-electron chi connectivity index (χ2n) is 7.63. The van der Waals surface area contributed by atoms with E-state index >= 15 is 0 Å². The number of anilines is 1. The monoisotopic (exact) mass is 406 g/mol. The highest BCUT2D eigenvalue weighted by molar-refractivity contribution is 5.95. The molecule has 2 N–H and O–H groups in total. The third-order valence-corrected chi connectivity index (χ3v) is 5.42. The lowest BCUT2D eigenvalue weighted by Crippen LogP contribution is -2.15. The largest absolute Gasteiger partial charge is 0.504 e. The van der Waals surface area contributed by atoms with Crippen molar-refractivity contribution in [1.82, 2.24) is 24.4 Å². The first-order valence-corrected chi connectivity index (χ1v) is 9.54. The molecule has 9 heteroatoms. The number of carbonyl (C=O) groups excluding carboxylic acids is 1. The Balaban J connectivity index is 1.37. The molecule has 1 saturated carbocycles. The van der Waals surface area contributed by atoms with Gasteiger partial charge in [-0.25, -0.2) is 8.91 Å². The quantitative estimate of drug-likeness (QED) is 0.543. The highest BCUT2D eigenvalue weighted by Gasteiger charge is 2.45. The minimum Gasteiger partial charge on any atom is -0.504 e. The molecule has 0 aliphatic heterocycles. The summed E-state index contributed by atoms with van der Waals surface area (Å²) in [6.07, 6.45) is 5.02. The SMILES string of the molecule is Cc1ccc([C@H]2C[C@H]2C(=O)Nc2cc3cc(-c4c(O)cnn4C)c(F)cn3n2)nc1. The predicted octanol–water partition coefficient (Wildman–Crippen LogP) is 3.03. The lowest BCUT2D eigenvalue weighted by atomic mass is 10.1. The van der Waals surface area contributed by atoms with Crippen molar-refractivity contribution in [3.05, 3.63) is 59.9 Å². The molecule has 0 bridgehead atoms. The molecule has 0 aromatic carbocycles. The van der Waals surface area contributed by atoms with Gasteiger partial charge in [-0.05, 0) is 31.0 Å². The standard InChI is InChI=1S/C21H19FN6O2/c1-11-3-4-17(23-8-11)13-7-14(13)21(30)25-19-6-12-5-15(16(22)10-28(12)26-19)20-18(29)9-24-27(20)2/h3-6,8-10,13-14,29H,7H2,1-2H3,(H,25,26,30)/t13-,14+/m0/s1. The Morgan fingerprint density at radius 2 is 2.13 bits per heavy atom. The summed E-state index contributed by atoms with van der Waals surface area (Å²) in [6.45, 7) is 1.97. The van der Waals surface area contributed by atoms with Gasteiger partial charge in [-0.3, -0.25) is 14.5 Å². The zero-order valence-electron chi connectivity index (χ0n) is 16.4. The van der Waals surface area contributed by atoms with Crippen molar-refractivity contribution in [3.8, 4) is 17.0 Å². The van der Waals surface area contributed by atoms with Crippen LogP contribution in [0.3, 0.4) is 0 Å². The van der Waals surface area contributed by atoms with E-state index in [1.54, 1.807) is 25.4 Å². The van der Waals surface area contributed by atoms with E-state index < -0.39 is 5.82 Å². The number of hydrogen-bond donors (Lipinski definition) is 2. The average Bonchev–Trinajstić information content (AvgIpc) is 3.32. The summed E-state index contributed by atoms with van der Waals surface area (Å²) in [6, 6.07) is 7.17. The van der Waals surface area contributed by atoms with E-state index in [0.29, 0.717) is 11.3 Å². The number of fused-ring (bicyclic) bond motifs is 1. The Hall–Kier alpha value is -3.75. The first-order valence-electron chi connectivity index (χ1n) is 9.54. The minimum atomic E-state index is -0.560. The van der Waals surface area contributed by atoms with E-state index in [0.717, 1.165) is 17.7 Å². The average molecular weight is 406 g/mol. The lowest BCUT2D eigenvalue weighted by Gasteiger charge is -2.05. The summed E-state index contributed by atoms with van der Waals surface area (Å²) in [5.41, 5.74) is 3.04. The number of pyridine rings is 2. The number of carbonyl (C=O) groups is 1. The normalized spacial score (nSPS) is 18.0. The number of nitrogens with zero attached hydrogens (tertiary/aromatic N) is 5. The first kappa shape index (κ1) is 18.3. The number of nitrogens with one attached hydrogen (secondary N) is 1. The molecule has 5 rings (SSSR count). The van der Waals surface area contributed by atoms with Crippen LogP contribution in [-0.4, -0.2) is 35.4 Å². The lowest BCUT2D eigenvalue weighted by molar-refractivity contribution is -0.117. The maximum Gasteiger partial charge on any atom is 0.229 e. The zero-order chi connectivity index (χ0) is 21.0. The summed E-state index contributed by atoms with van der Waals surface area (Å²) in [4.78, 5) is 17.0. The molecule has 0 unspecified atom stereocenters. The van der Waals surface area contributed by atoms with Crippen molar-refractivity contribution in [3.63, 3.8) is 0 Å². The van der Waals surface area contributed by atoms with Gasteiger partial charge in [-0.2, -0.15) is 5.10 Å². The Bertz CT molecular complexity index is 1260. The van der Waals surface area contributed by atoms with E-state index in [1.165, 1.54) is 21.6 Å². The Labute approximate surface area is 171 Å². The Morgan fingerprint density at radius 3 is 2.83 bits per heavy atom. The van der Waals surface area contributed by atoms with Crippen molar-refractivity contribution in [2.24, 2.45) is 13.0 Å². The summed E-state index contributed by atoms with van der Waals surface area (Å²) in [5, 5.41) is 21.0. The second kappa shape index (κ2) is 6.65. The maximum absolute atomic E-state index is 14.6. The highest BCUT2D eigenvalue weighted by Crippen LogP contribution is 2.47. The highest BCUT2D eigenvalue weighted by atomic mass is 19.1. The fraction of sp³-hybridized carbons (Fsp3) is 0.238. The molecule has 4 aromatic heterocycles. The molecule has 0 radical (unpaired) electrons. The number of aromatic hydroxyl groups is 1. The molecule has 4 aromatic rings. The summed E-state index contributed by atoms with van der Waals surface area (Å²) in [5.74, 6) is -0.499.